The predicted molar refractivity (Wildman–Crippen MR) is 94.0 cm³/mol. The zero-order valence-electron chi connectivity index (χ0n) is 14.7. The normalized spacial score (nSPS) is 31.4. The number of nitrogens with one attached hydrogen (secondary N) is 1. The average Bonchev–Trinajstić information content (AvgIpc) is 3.18. The van der Waals surface area contributed by atoms with E-state index in [0.29, 0.717) is 12.2 Å². The molecule has 0 radical (unpaired) electrons. The number of hydrogen-bond acceptors (Lipinski definition) is 5. The number of rotatable bonds is 1. The number of cyclic esters (lactones) is 1. The van der Waals surface area contributed by atoms with Crippen LogP contribution in [-0.4, -0.2) is 30.0 Å². The molecule has 1 spiro atoms. The van der Waals surface area contributed by atoms with Gasteiger partial charge in [-0.3, -0.25) is 10.1 Å². The predicted octanol–water partition coefficient (Wildman–Crippen LogP) is 2.72. The molecular formula is C21H18FNO4. The summed E-state index contributed by atoms with van der Waals surface area (Å²) in [6.07, 6.45) is -0.262. The zero-order chi connectivity index (χ0) is 18.8. The number of esters is 1. The third-order valence-corrected chi connectivity index (χ3v) is 5.97. The molecule has 2 fully saturated rings. The average molecular weight is 367 g/mol. The largest absolute Gasteiger partial charge is 0.486 e. The molecule has 27 heavy (non-hydrogen) atoms. The molecule has 2 saturated heterocycles. The molecule has 4 atom stereocenters. The molecule has 0 unspecified atom stereocenters. The molecule has 0 aliphatic carbocycles. The highest BCUT2D eigenvalue weighted by atomic mass is 19.1. The van der Waals surface area contributed by atoms with Crippen molar-refractivity contribution in [3.8, 4) is 5.75 Å². The minimum absolute atomic E-state index is 0.210. The van der Waals surface area contributed by atoms with Crippen LogP contribution in [-0.2, 0) is 9.53 Å². The van der Waals surface area contributed by atoms with E-state index in [1.165, 1.54) is 18.2 Å². The molecule has 1 N–H and O–H groups in total. The summed E-state index contributed by atoms with van der Waals surface area (Å²) in [4.78, 5) is 26.0. The van der Waals surface area contributed by atoms with E-state index in [-0.39, 0.29) is 18.0 Å². The molecule has 2 aromatic carbocycles. The lowest BCUT2D eigenvalue weighted by molar-refractivity contribution is -0.145. The molecule has 0 amide bonds. The van der Waals surface area contributed by atoms with Crippen molar-refractivity contribution in [2.75, 3.05) is 6.61 Å². The van der Waals surface area contributed by atoms with Gasteiger partial charge in [0.05, 0.1) is 18.1 Å². The molecule has 3 aliphatic rings. The molecule has 5 rings (SSSR count). The Morgan fingerprint density at radius 2 is 2.00 bits per heavy atom. The number of ether oxygens (including phenoxy) is 2. The third-order valence-electron chi connectivity index (χ3n) is 5.97. The molecule has 3 heterocycles. The van der Waals surface area contributed by atoms with Crippen LogP contribution in [0.2, 0.25) is 0 Å². The van der Waals surface area contributed by atoms with E-state index in [1.807, 2.05) is 31.2 Å². The first kappa shape index (κ1) is 16.4. The second kappa shape index (κ2) is 5.63. The Bertz CT molecular complexity index is 974. The van der Waals surface area contributed by atoms with Crippen LogP contribution in [0.3, 0.4) is 0 Å². The van der Waals surface area contributed by atoms with Gasteiger partial charge in [0.2, 0.25) is 0 Å². The van der Waals surface area contributed by atoms with E-state index >= 15 is 0 Å². The van der Waals surface area contributed by atoms with Crippen LogP contribution in [0.25, 0.3) is 0 Å². The van der Waals surface area contributed by atoms with Crippen LogP contribution in [0, 0.1) is 18.7 Å². The van der Waals surface area contributed by atoms with Gasteiger partial charge in [0.15, 0.2) is 11.3 Å². The third kappa shape index (κ3) is 2.19. The highest BCUT2D eigenvalue weighted by Gasteiger charge is 2.66. The zero-order valence-corrected chi connectivity index (χ0v) is 14.7. The molecule has 0 aromatic heterocycles. The fourth-order valence-electron chi connectivity index (χ4n) is 4.64. The Labute approximate surface area is 155 Å². The molecule has 5 nitrogen and oxygen atoms in total. The lowest BCUT2D eigenvalue weighted by atomic mass is 9.78. The number of carbonyl (C=O) groups is 2. The summed E-state index contributed by atoms with van der Waals surface area (Å²) in [5.41, 5.74) is 1.09. The summed E-state index contributed by atoms with van der Waals surface area (Å²) in [5, 5.41) is 3.38. The minimum atomic E-state index is -1.07. The number of carbonyl (C=O) groups excluding carboxylic acids is 2. The first-order valence-electron chi connectivity index (χ1n) is 9.02. The molecule has 3 aliphatic heterocycles. The van der Waals surface area contributed by atoms with Crippen LogP contribution in [0.5, 0.6) is 5.75 Å². The van der Waals surface area contributed by atoms with Gasteiger partial charge in [0, 0.05) is 12.5 Å². The van der Waals surface area contributed by atoms with Gasteiger partial charge < -0.3 is 9.47 Å². The molecule has 6 heteroatoms. The van der Waals surface area contributed by atoms with Crippen LogP contribution in [0.15, 0.2) is 42.5 Å². The van der Waals surface area contributed by atoms with Crippen molar-refractivity contribution < 1.29 is 23.5 Å². The van der Waals surface area contributed by atoms with E-state index in [2.05, 4.69) is 5.32 Å². The summed E-state index contributed by atoms with van der Waals surface area (Å²) in [7, 11) is 0. The van der Waals surface area contributed by atoms with Crippen LogP contribution >= 0.6 is 0 Å². The van der Waals surface area contributed by atoms with Crippen molar-refractivity contribution in [1.82, 2.24) is 5.32 Å². The molecule has 138 valence electrons. The standard InChI is InChI=1S/C21H18FNO4/c1-11-4-2-3-5-13(11)17-16-18(24)14-10-12(22)6-7-15(14)27-19(16)21(23-17)8-9-26-20(21)25/h2-7,10,16-17,19,23H,8-9H2,1H3/t16-,17+,19+,21+/m1/s1. The van der Waals surface area contributed by atoms with Gasteiger partial charge in [-0.15, -0.1) is 0 Å². The Kier molecular flexibility index (Phi) is 3.43. The van der Waals surface area contributed by atoms with Crippen molar-refractivity contribution >= 4 is 11.8 Å². The lowest BCUT2D eigenvalue weighted by Crippen LogP contribution is -2.56. The second-order valence-corrected chi connectivity index (χ2v) is 7.40. The van der Waals surface area contributed by atoms with Crippen molar-refractivity contribution in [1.29, 1.82) is 0 Å². The van der Waals surface area contributed by atoms with Crippen LogP contribution < -0.4 is 10.1 Å². The number of Topliss-reactive ketones (excluding diaryl/α,β-unsaturated/α-hetero) is 1. The Hall–Kier alpha value is -2.73. The summed E-state index contributed by atoms with van der Waals surface area (Å²) < 4.78 is 25.1. The number of halogens is 1. The van der Waals surface area contributed by atoms with Gasteiger partial charge in [-0.25, -0.2) is 9.18 Å². The number of ketones is 1. The number of fused-ring (bicyclic) bond motifs is 3. The van der Waals surface area contributed by atoms with E-state index in [1.54, 1.807) is 0 Å². The molecule has 0 saturated carbocycles. The van der Waals surface area contributed by atoms with Crippen molar-refractivity contribution in [3.05, 3.63) is 65.0 Å². The maximum absolute atomic E-state index is 13.8. The van der Waals surface area contributed by atoms with Gasteiger partial charge in [0.25, 0.3) is 0 Å². The highest BCUT2D eigenvalue weighted by Crippen LogP contribution is 2.49. The Morgan fingerprint density at radius 3 is 2.74 bits per heavy atom. The van der Waals surface area contributed by atoms with Gasteiger partial charge in [-0.1, -0.05) is 24.3 Å². The summed E-state index contributed by atoms with van der Waals surface area (Å²) in [5.74, 6) is -1.41. The lowest BCUT2D eigenvalue weighted by Gasteiger charge is -2.34. The van der Waals surface area contributed by atoms with Crippen LogP contribution in [0.4, 0.5) is 4.39 Å². The summed E-state index contributed by atoms with van der Waals surface area (Å²) >= 11 is 0. The first-order valence-corrected chi connectivity index (χ1v) is 9.02. The Balaban J connectivity index is 1.68. The maximum Gasteiger partial charge on any atom is 0.330 e. The van der Waals surface area contributed by atoms with Gasteiger partial charge >= 0.3 is 5.97 Å². The maximum atomic E-state index is 13.8. The number of benzene rings is 2. The molecular weight excluding hydrogens is 349 g/mol. The minimum Gasteiger partial charge on any atom is -0.486 e. The Morgan fingerprint density at radius 1 is 1.19 bits per heavy atom. The monoisotopic (exact) mass is 367 g/mol. The van der Waals surface area contributed by atoms with Crippen molar-refractivity contribution in [2.24, 2.45) is 5.92 Å². The number of hydrogen-bond donors (Lipinski definition) is 1. The van der Waals surface area contributed by atoms with E-state index < -0.39 is 35.4 Å². The van der Waals surface area contributed by atoms with E-state index in [4.69, 9.17) is 9.47 Å². The fraction of sp³-hybridized carbons (Fsp3) is 0.333. The van der Waals surface area contributed by atoms with Gasteiger partial charge in [-0.2, -0.15) is 0 Å². The number of aryl methyl sites for hydroxylation is 1. The topological polar surface area (TPSA) is 64.6 Å². The smallest absolute Gasteiger partial charge is 0.330 e. The van der Waals surface area contributed by atoms with E-state index in [0.717, 1.165) is 11.1 Å². The van der Waals surface area contributed by atoms with Gasteiger partial charge in [-0.05, 0) is 36.2 Å². The van der Waals surface area contributed by atoms with E-state index in [9.17, 15) is 14.0 Å². The molecule has 0 bridgehead atoms. The van der Waals surface area contributed by atoms with Crippen molar-refractivity contribution in [2.45, 2.75) is 31.0 Å². The highest BCUT2D eigenvalue weighted by molar-refractivity contribution is 6.04. The van der Waals surface area contributed by atoms with Crippen molar-refractivity contribution in [3.63, 3.8) is 0 Å². The quantitative estimate of drug-likeness (QED) is 0.785. The second-order valence-electron chi connectivity index (χ2n) is 7.40. The SMILES string of the molecule is Cc1ccccc1[C@@H]1N[C@@]2(CCOC2=O)[C@H]2Oc3ccc(F)cc3C(=O)[C@@H]12. The first-order chi connectivity index (χ1) is 13.0. The summed E-state index contributed by atoms with van der Waals surface area (Å²) in [6, 6.07) is 11.2. The summed E-state index contributed by atoms with van der Waals surface area (Å²) in [6.45, 7) is 2.25. The van der Waals surface area contributed by atoms with Gasteiger partial charge in [0.1, 0.15) is 17.7 Å². The fourth-order valence-corrected chi connectivity index (χ4v) is 4.64. The van der Waals surface area contributed by atoms with Crippen LogP contribution in [0.1, 0.15) is 33.9 Å². The molecule has 2 aromatic rings.